The zero-order valence-electron chi connectivity index (χ0n) is 11.4. The smallest absolute Gasteiger partial charge is 0.335 e. The average molecular weight is 320 g/mol. The average Bonchev–Trinajstić information content (AvgIpc) is 2.46. The number of aliphatic hydroxyl groups is 1. The van der Waals surface area contributed by atoms with Crippen LogP contribution in [0.4, 0.5) is 0 Å². The van der Waals surface area contributed by atoms with Gasteiger partial charge in [0, 0.05) is 0 Å². The molecule has 0 aliphatic carbocycles. The lowest BCUT2D eigenvalue weighted by Gasteiger charge is -2.05. The lowest BCUT2D eigenvalue weighted by atomic mass is 10.2. The predicted molar refractivity (Wildman–Crippen MR) is 70.9 cm³/mol. The van der Waals surface area contributed by atoms with Crippen molar-refractivity contribution in [2.75, 3.05) is 14.2 Å². The maximum Gasteiger partial charge on any atom is 0.335 e. The van der Waals surface area contributed by atoms with Crippen molar-refractivity contribution in [1.29, 1.82) is 0 Å². The number of methoxy groups -OCH3 is 2. The number of benzene rings is 1. The third kappa shape index (κ3) is 8.02. The van der Waals surface area contributed by atoms with Crippen LogP contribution in [0.25, 0.3) is 0 Å². The van der Waals surface area contributed by atoms with Crippen molar-refractivity contribution in [3.63, 3.8) is 0 Å². The largest absolute Gasteiger partial charge is 0.469 e. The first-order valence-corrected chi connectivity index (χ1v) is 7.01. The van der Waals surface area contributed by atoms with Crippen molar-refractivity contribution < 1.29 is 37.1 Å². The fourth-order valence-electron chi connectivity index (χ4n) is 1.05. The number of ether oxygens (including phenoxy) is 2. The van der Waals surface area contributed by atoms with Gasteiger partial charge >= 0.3 is 11.9 Å². The molecule has 0 heterocycles. The van der Waals surface area contributed by atoms with E-state index < -0.39 is 28.2 Å². The summed E-state index contributed by atoms with van der Waals surface area (Å²) in [5.74, 6) is -1.49. The molecule has 0 amide bonds. The molecule has 118 valence electrons. The Morgan fingerprint density at radius 2 is 1.67 bits per heavy atom. The van der Waals surface area contributed by atoms with Crippen LogP contribution in [0.1, 0.15) is 6.42 Å². The van der Waals surface area contributed by atoms with Crippen molar-refractivity contribution in [3.8, 4) is 0 Å². The van der Waals surface area contributed by atoms with Gasteiger partial charge in [-0.25, -0.2) is 4.79 Å². The zero-order valence-corrected chi connectivity index (χ0v) is 12.2. The van der Waals surface area contributed by atoms with Crippen molar-refractivity contribution in [1.82, 2.24) is 0 Å². The summed E-state index contributed by atoms with van der Waals surface area (Å²) in [6.07, 6.45) is -1.80. The standard InChI is InChI=1S/C6H10O5.C6H6O3S/c1-10-5(8)3-4(7)6(9)11-2;7-10(8,9)6-4-2-1-3-5-6/h4,7H,3H2,1-2H3;1-5H,(H,7,8,9). The molecular weight excluding hydrogens is 304 g/mol. The zero-order chi connectivity index (χ0) is 16.5. The van der Waals surface area contributed by atoms with Gasteiger partial charge in [0.15, 0.2) is 6.10 Å². The van der Waals surface area contributed by atoms with Crippen LogP contribution in [0.5, 0.6) is 0 Å². The second-order valence-electron chi connectivity index (χ2n) is 3.61. The summed E-state index contributed by atoms with van der Waals surface area (Å²) in [4.78, 5) is 20.9. The van der Waals surface area contributed by atoms with Crippen LogP contribution in [0.2, 0.25) is 0 Å². The van der Waals surface area contributed by atoms with Gasteiger partial charge in [-0.2, -0.15) is 8.42 Å². The van der Waals surface area contributed by atoms with Gasteiger partial charge in [0.25, 0.3) is 10.1 Å². The number of aliphatic hydroxyl groups excluding tert-OH is 1. The third-order valence-electron chi connectivity index (χ3n) is 2.10. The lowest BCUT2D eigenvalue weighted by Crippen LogP contribution is -2.25. The van der Waals surface area contributed by atoms with Gasteiger partial charge in [0.05, 0.1) is 25.5 Å². The van der Waals surface area contributed by atoms with Crippen molar-refractivity contribution in [2.45, 2.75) is 17.4 Å². The minimum absolute atomic E-state index is 0.0741. The molecule has 0 bridgehead atoms. The van der Waals surface area contributed by atoms with Crippen LogP contribution in [0, 0.1) is 0 Å². The highest BCUT2D eigenvalue weighted by Crippen LogP contribution is 2.05. The van der Waals surface area contributed by atoms with Crippen LogP contribution in [0.15, 0.2) is 35.2 Å². The number of carbonyl (C=O) groups excluding carboxylic acids is 2. The first-order chi connectivity index (χ1) is 9.72. The second kappa shape index (κ2) is 9.06. The monoisotopic (exact) mass is 320 g/mol. The number of hydrogen-bond acceptors (Lipinski definition) is 7. The molecular formula is C12H16O8S. The van der Waals surface area contributed by atoms with Gasteiger partial charge in [-0.15, -0.1) is 0 Å². The highest BCUT2D eigenvalue weighted by Gasteiger charge is 2.19. The molecule has 0 radical (unpaired) electrons. The first kappa shape index (κ1) is 19.0. The molecule has 9 heteroatoms. The molecule has 0 spiro atoms. The van der Waals surface area contributed by atoms with E-state index in [0.29, 0.717) is 0 Å². The van der Waals surface area contributed by atoms with Crippen LogP contribution in [-0.2, 0) is 29.2 Å². The SMILES string of the molecule is COC(=O)CC(O)C(=O)OC.O=S(=O)(O)c1ccccc1. The molecule has 1 atom stereocenters. The lowest BCUT2D eigenvalue weighted by molar-refractivity contribution is -0.156. The molecule has 0 saturated heterocycles. The summed E-state index contributed by atoms with van der Waals surface area (Å²) in [6.45, 7) is 0. The number of rotatable bonds is 4. The van der Waals surface area contributed by atoms with Crippen LogP contribution < -0.4 is 0 Å². The molecule has 0 aliphatic heterocycles. The van der Waals surface area contributed by atoms with E-state index in [9.17, 15) is 18.0 Å². The Morgan fingerprint density at radius 3 is 2.00 bits per heavy atom. The van der Waals surface area contributed by atoms with E-state index in [0.717, 1.165) is 7.11 Å². The number of esters is 2. The topological polar surface area (TPSA) is 127 Å². The first-order valence-electron chi connectivity index (χ1n) is 5.57. The summed E-state index contributed by atoms with van der Waals surface area (Å²) in [5, 5.41) is 8.84. The Kier molecular flexibility index (Phi) is 8.21. The van der Waals surface area contributed by atoms with Crippen molar-refractivity contribution >= 4 is 22.1 Å². The van der Waals surface area contributed by atoms with E-state index in [4.69, 9.17) is 9.66 Å². The molecule has 1 aromatic rings. The molecule has 1 unspecified atom stereocenters. The number of carbonyl (C=O) groups is 2. The van der Waals surface area contributed by atoms with Gasteiger partial charge in [-0.3, -0.25) is 9.35 Å². The fraction of sp³-hybridized carbons (Fsp3) is 0.333. The molecule has 0 aromatic heterocycles. The highest BCUT2D eigenvalue weighted by molar-refractivity contribution is 7.85. The van der Waals surface area contributed by atoms with Crippen LogP contribution >= 0.6 is 0 Å². The quantitative estimate of drug-likeness (QED) is 0.587. The molecule has 0 saturated carbocycles. The summed E-state index contributed by atoms with van der Waals surface area (Å²) >= 11 is 0. The molecule has 0 fully saturated rings. The van der Waals surface area contributed by atoms with Crippen molar-refractivity contribution in [3.05, 3.63) is 30.3 Å². The Labute approximate surface area is 122 Å². The van der Waals surface area contributed by atoms with Crippen LogP contribution in [0.3, 0.4) is 0 Å². The van der Waals surface area contributed by atoms with Gasteiger partial charge in [0.2, 0.25) is 0 Å². The molecule has 0 aliphatic rings. The van der Waals surface area contributed by atoms with Crippen LogP contribution in [-0.4, -0.2) is 50.3 Å². The molecule has 1 rings (SSSR count). The maximum absolute atomic E-state index is 10.5. The number of hydrogen-bond donors (Lipinski definition) is 2. The Hall–Kier alpha value is -1.97. The minimum Gasteiger partial charge on any atom is -0.469 e. The van der Waals surface area contributed by atoms with Gasteiger partial charge in [0.1, 0.15) is 0 Å². The van der Waals surface area contributed by atoms with E-state index >= 15 is 0 Å². The Balaban J connectivity index is 0.000000382. The molecule has 8 nitrogen and oxygen atoms in total. The molecule has 1 aromatic carbocycles. The third-order valence-corrected chi connectivity index (χ3v) is 2.97. The minimum atomic E-state index is -4.00. The molecule has 21 heavy (non-hydrogen) atoms. The maximum atomic E-state index is 10.5. The second-order valence-corrected chi connectivity index (χ2v) is 5.03. The van der Waals surface area contributed by atoms with Crippen molar-refractivity contribution in [2.24, 2.45) is 0 Å². The normalized spacial score (nSPS) is 11.6. The Morgan fingerprint density at radius 1 is 1.14 bits per heavy atom. The summed E-state index contributed by atoms with van der Waals surface area (Å²) in [7, 11) is -1.70. The van der Waals surface area contributed by atoms with E-state index in [2.05, 4.69) is 9.47 Å². The van der Waals surface area contributed by atoms with Gasteiger partial charge in [-0.1, -0.05) is 18.2 Å². The van der Waals surface area contributed by atoms with E-state index in [1.165, 1.54) is 19.2 Å². The predicted octanol–water partition coefficient (Wildman–Crippen LogP) is 0.0167. The van der Waals surface area contributed by atoms with E-state index in [-0.39, 0.29) is 11.3 Å². The molecule has 2 N–H and O–H groups in total. The highest BCUT2D eigenvalue weighted by atomic mass is 32.2. The van der Waals surface area contributed by atoms with E-state index in [1.807, 2.05) is 0 Å². The van der Waals surface area contributed by atoms with E-state index in [1.54, 1.807) is 18.2 Å². The summed E-state index contributed by atoms with van der Waals surface area (Å²) in [5.41, 5.74) is 0. The fourth-order valence-corrected chi connectivity index (χ4v) is 1.55. The Bertz CT molecular complexity index is 552. The summed E-state index contributed by atoms with van der Waals surface area (Å²) in [6, 6.07) is 7.42. The van der Waals surface area contributed by atoms with Gasteiger partial charge in [-0.05, 0) is 12.1 Å². The van der Waals surface area contributed by atoms with Gasteiger partial charge < -0.3 is 14.6 Å². The summed E-state index contributed by atoms with van der Waals surface area (Å²) < 4.78 is 37.6.